The van der Waals surface area contributed by atoms with Gasteiger partial charge in [0.05, 0.1) is 12.2 Å². The van der Waals surface area contributed by atoms with Gasteiger partial charge in [0.2, 0.25) is 5.91 Å². The Morgan fingerprint density at radius 3 is 2.23 bits per heavy atom. The molecule has 0 unspecified atom stereocenters. The molecule has 0 radical (unpaired) electrons. The molecule has 1 heterocycles. The molecule has 0 atom stereocenters. The quantitative estimate of drug-likeness (QED) is 0.570. The van der Waals surface area contributed by atoms with Crippen LogP contribution in [0, 0.1) is 13.8 Å². The second-order valence-electron chi connectivity index (χ2n) is 7.12. The lowest BCUT2D eigenvalue weighted by atomic mass is 10.1. The molecule has 2 amide bonds. The number of nitrogens with one attached hydrogen (secondary N) is 1. The molecule has 3 rings (SSSR count). The molecule has 0 fully saturated rings. The van der Waals surface area contributed by atoms with Crippen molar-refractivity contribution in [1.82, 2.24) is 4.57 Å². The largest absolute Gasteiger partial charge is 0.461 e. The van der Waals surface area contributed by atoms with Gasteiger partial charge in [-0.05, 0) is 56.2 Å². The Hall–Kier alpha value is -3.87. The fourth-order valence-corrected chi connectivity index (χ4v) is 3.57. The molecule has 31 heavy (non-hydrogen) atoms. The van der Waals surface area contributed by atoms with Crippen LogP contribution in [-0.2, 0) is 11.3 Å². The average Bonchev–Trinajstić information content (AvgIpc) is 2.99. The summed E-state index contributed by atoms with van der Waals surface area (Å²) in [6.07, 6.45) is 0. The molecule has 3 aromatic rings. The zero-order valence-corrected chi connectivity index (χ0v) is 17.8. The summed E-state index contributed by atoms with van der Waals surface area (Å²) in [5, 5.41) is 2.82. The molecule has 160 valence electrons. The normalized spacial score (nSPS) is 10.5. The highest BCUT2D eigenvalue weighted by Gasteiger charge is 2.27. The number of primary amides is 1. The zero-order valence-electron chi connectivity index (χ0n) is 17.8. The van der Waals surface area contributed by atoms with Crippen LogP contribution in [0.2, 0.25) is 0 Å². The maximum atomic E-state index is 13.1. The summed E-state index contributed by atoms with van der Waals surface area (Å²) in [5.41, 5.74) is 9.12. The average molecular weight is 419 g/mol. The predicted molar refractivity (Wildman–Crippen MR) is 118 cm³/mol. The second-order valence-corrected chi connectivity index (χ2v) is 7.12. The van der Waals surface area contributed by atoms with Crippen molar-refractivity contribution in [1.29, 1.82) is 0 Å². The summed E-state index contributed by atoms with van der Waals surface area (Å²) in [6.45, 7) is 5.97. The first kappa shape index (κ1) is 21.8. The van der Waals surface area contributed by atoms with Gasteiger partial charge in [0.1, 0.15) is 5.69 Å². The second kappa shape index (κ2) is 9.30. The minimum absolute atomic E-state index is 0.238. The Bertz CT molecular complexity index is 1120. The number of amides is 2. The number of hydrogen-bond acceptors (Lipinski definition) is 4. The number of aromatic nitrogens is 1. The molecule has 0 bridgehead atoms. The molecule has 0 saturated heterocycles. The highest BCUT2D eigenvalue weighted by Crippen LogP contribution is 2.26. The first-order chi connectivity index (χ1) is 14.8. The predicted octanol–water partition coefficient (Wildman–Crippen LogP) is 3.68. The van der Waals surface area contributed by atoms with Crippen LogP contribution < -0.4 is 11.1 Å². The summed E-state index contributed by atoms with van der Waals surface area (Å²) in [4.78, 5) is 37.1. The third kappa shape index (κ3) is 4.66. The number of ether oxygens (including phenoxy) is 1. The molecule has 7 nitrogen and oxygen atoms in total. The Morgan fingerprint density at radius 2 is 1.65 bits per heavy atom. The summed E-state index contributed by atoms with van der Waals surface area (Å²) in [6, 6.07) is 16.0. The van der Waals surface area contributed by atoms with Crippen LogP contribution in [0.4, 0.5) is 5.69 Å². The number of nitrogens with zero attached hydrogens (tertiary/aromatic N) is 1. The van der Waals surface area contributed by atoms with Crippen LogP contribution in [0.25, 0.3) is 0 Å². The Morgan fingerprint density at radius 1 is 1.00 bits per heavy atom. The van der Waals surface area contributed by atoms with Gasteiger partial charge in [0.25, 0.3) is 5.91 Å². The number of esters is 1. The van der Waals surface area contributed by atoms with Gasteiger partial charge in [-0.3, -0.25) is 9.59 Å². The monoisotopic (exact) mass is 419 g/mol. The van der Waals surface area contributed by atoms with Crippen LogP contribution in [0.5, 0.6) is 0 Å². The highest BCUT2D eigenvalue weighted by atomic mass is 16.5. The standard InChI is InChI=1S/C24H25N3O4/c1-4-31-24(30)21-15(2)20(16(3)27(21)14-17-8-6-5-7-9-17)23(29)26-19-12-10-18(11-13-19)22(25)28/h5-13H,4,14H2,1-3H3,(H2,25,28)(H,26,29). The van der Waals surface area contributed by atoms with Crippen LogP contribution in [0.3, 0.4) is 0 Å². The molecular formula is C24H25N3O4. The van der Waals surface area contributed by atoms with E-state index < -0.39 is 11.9 Å². The molecule has 0 aliphatic carbocycles. The fourth-order valence-electron chi connectivity index (χ4n) is 3.57. The van der Waals surface area contributed by atoms with Gasteiger partial charge in [-0.1, -0.05) is 30.3 Å². The minimum Gasteiger partial charge on any atom is -0.461 e. The van der Waals surface area contributed by atoms with E-state index in [2.05, 4.69) is 5.32 Å². The van der Waals surface area contributed by atoms with E-state index in [1.54, 1.807) is 38.1 Å². The number of anilines is 1. The van der Waals surface area contributed by atoms with Gasteiger partial charge in [-0.15, -0.1) is 0 Å². The van der Waals surface area contributed by atoms with Crippen molar-refractivity contribution in [2.24, 2.45) is 5.73 Å². The lowest BCUT2D eigenvalue weighted by Crippen LogP contribution is -2.15. The van der Waals surface area contributed by atoms with E-state index >= 15 is 0 Å². The van der Waals surface area contributed by atoms with E-state index in [0.29, 0.717) is 40.3 Å². The third-order valence-corrected chi connectivity index (χ3v) is 5.07. The molecular weight excluding hydrogens is 394 g/mol. The molecule has 1 aromatic heterocycles. The molecule has 2 aromatic carbocycles. The van der Waals surface area contributed by atoms with Crippen LogP contribution in [-0.4, -0.2) is 29.0 Å². The first-order valence-corrected chi connectivity index (χ1v) is 9.95. The van der Waals surface area contributed by atoms with E-state index in [9.17, 15) is 14.4 Å². The number of rotatable bonds is 7. The van der Waals surface area contributed by atoms with Crippen LogP contribution in [0.1, 0.15) is 54.9 Å². The Labute approximate surface area is 180 Å². The first-order valence-electron chi connectivity index (χ1n) is 9.95. The number of carbonyl (C=O) groups is 3. The van der Waals surface area contributed by atoms with Crippen molar-refractivity contribution in [3.05, 3.63) is 88.2 Å². The van der Waals surface area contributed by atoms with Crippen LogP contribution in [0.15, 0.2) is 54.6 Å². The topological polar surface area (TPSA) is 103 Å². The summed E-state index contributed by atoms with van der Waals surface area (Å²) >= 11 is 0. The Balaban J connectivity index is 1.99. The maximum absolute atomic E-state index is 13.1. The lowest BCUT2D eigenvalue weighted by Gasteiger charge is -2.12. The van der Waals surface area contributed by atoms with Gasteiger partial charge >= 0.3 is 5.97 Å². The smallest absolute Gasteiger partial charge is 0.355 e. The molecule has 0 aliphatic rings. The molecule has 7 heteroatoms. The van der Waals surface area contributed by atoms with E-state index in [0.717, 1.165) is 5.56 Å². The van der Waals surface area contributed by atoms with E-state index in [4.69, 9.17) is 10.5 Å². The van der Waals surface area contributed by atoms with Gasteiger partial charge in [-0.25, -0.2) is 4.79 Å². The number of benzene rings is 2. The zero-order chi connectivity index (χ0) is 22.5. The number of carbonyl (C=O) groups excluding carboxylic acids is 3. The van der Waals surface area contributed by atoms with E-state index in [1.165, 1.54) is 0 Å². The van der Waals surface area contributed by atoms with Gasteiger partial charge in [-0.2, -0.15) is 0 Å². The molecule has 0 aliphatic heterocycles. The van der Waals surface area contributed by atoms with Crippen molar-refractivity contribution >= 4 is 23.5 Å². The Kier molecular flexibility index (Phi) is 6.55. The van der Waals surface area contributed by atoms with Crippen molar-refractivity contribution in [3.63, 3.8) is 0 Å². The molecule has 3 N–H and O–H groups in total. The minimum atomic E-state index is -0.540. The van der Waals surface area contributed by atoms with Gasteiger partial charge in [0, 0.05) is 23.5 Å². The van der Waals surface area contributed by atoms with Crippen molar-refractivity contribution in [2.45, 2.75) is 27.3 Å². The van der Waals surface area contributed by atoms with Crippen LogP contribution >= 0.6 is 0 Å². The highest BCUT2D eigenvalue weighted by molar-refractivity contribution is 6.08. The maximum Gasteiger partial charge on any atom is 0.355 e. The summed E-state index contributed by atoms with van der Waals surface area (Å²) in [7, 11) is 0. The van der Waals surface area contributed by atoms with Crippen molar-refractivity contribution in [2.75, 3.05) is 11.9 Å². The van der Waals surface area contributed by atoms with Crippen molar-refractivity contribution < 1.29 is 19.1 Å². The van der Waals surface area contributed by atoms with Gasteiger partial charge < -0.3 is 20.4 Å². The summed E-state index contributed by atoms with van der Waals surface area (Å²) in [5.74, 6) is -1.36. The number of nitrogens with two attached hydrogens (primary N) is 1. The number of hydrogen-bond donors (Lipinski definition) is 2. The summed E-state index contributed by atoms with van der Waals surface area (Å²) < 4.78 is 7.07. The molecule has 0 spiro atoms. The molecule has 0 saturated carbocycles. The van der Waals surface area contributed by atoms with E-state index in [-0.39, 0.29) is 12.5 Å². The van der Waals surface area contributed by atoms with Gasteiger partial charge in [0.15, 0.2) is 0 Å². The SMILES string of the molecule is CCOC(=O)c1c(C)c(C(=O)Nc2ccc(C(N)=O)cc2)c(C)n1Cc1ccccc1. The fraction of sp³-hybridized carbons (Fsp3) is 0.208. The third-order valence-electron chi connectivity index (χ3n) is 5.07. The van der Waals surface area contributed by atoms with Crippen molar-refractivity contribution in [3.8, 4) is 0 Å². The lowest BCUT2D eigenvalue weighted by molar-refractivity contribution is 0.0513. The van der Waals surface area contributed by atoms with E-state index in [1.807, 2.05) is 41.8 Å².